The van der Waals surface area contributed by atoms with Crippen molar-refractivity contribution in [1.29, 1.82) is 0 Å². The number of likely N-dealkylation sites (tertiary alicyclic amines) is 1. The zero-order chi connectivity index (χ0) is 24.9. The Hall–Kier alpha value is -3.19. The second kappa shape index (κ2) is 11.0. The molecule has 0 unspecified atom stereocenters. The van der Waals surface area contributed by atoms with E-state index in [9.17, 15) is 9.59 Å². The normalized spacial score (nSPS) is 20.5. The number of piperidine rings is 1. The van der Waals surface area contributed by atoms with Gasteiger partial charge in [0.2, 0.25) is 0 Å². The molecule has 0 saturated carbocycles. The number of amides is 1. The smallest absolute Gasteiger partial charge is 0.310 e. The van der Waals surface area contributed by atoms with Crippen LogP contribution in [-0.2, 0) is 14.3 Å². The molecule has 7 heteroatoms. The lowest BCUT2D eigenvalue weighted by atomic mass is 9.95. The monoisotopic (exact) mass is 477 g/mol. The molecule has 0 N–H and O–H groups in total. The van der Waals surface area contributed by atoms with Gasteiger partial charge in [-0.25, -0.2) is 5.01 Å². The molecule has 2 aliphatic heterocycles. The topological polar surface area (TPSA) is 71.4 Å². The lowest BCUT2D eigenvalue weighted by Crippen LogP contribution is -2.44. The Balaban J connectivity index is 1.59. The highest BCUT2D eigenvalue weighted by molar-refractivity contribution is 6.04. The van der Waals surface area contributed by atoms with Crippen LogP contribution in [0.2, 0.25) is 0 Å². The Bertz CT molecular complexity index is 1110. The molecule has 2 atom stereocenters. The van der Waals surface area contributed by atoms with Crippen molar-refractivity contribution in [3.8, 4) is 5.75 Å². The van der Waals surface area contributed by atoms with E-state index < -0.39 is 0 Å². The second-order valence-corrected chi connectivity index (χ2v) is 9.43. The van der Waals surface area contributed by atoms with E-state index in [4.69, 9.17) is 14.6 Å². The Kier molecular flexibility index (Phi) is 7.86. The number of methoxy groups -OCH3 is 1. The lowest BCUT2D eigenvalue weighted by molar-refractivity contribution is -0.150. The predicted octanol–water partition coefficient (Wildman–Crippen LogP) is 4.26. The summed E-state index contributed by atoms with van der Waals surface area (Å²) in [5, 5.41) is 6.50. The van der Waals surface area contributed by atoms with Crippen molar-refractivity contribution in [3.63, 3.8) is 0 Å². The van der Waals surface area contributed by atoms with Crippen LogP contribution in [0.4, 0.5) is 0 Å². The maximum absolute atomic E-state index is 13.6. The Morgan fingerprint density at radius 3 is 2.74 bits per heavy atom. The fraction of sp³-hybridized carbons (Fsp3) is 0.464. The highest BCUT2D eigenvalue weighted by Crippen LogP contribution is 2.35. The summed E-state index contributed by atoms with van der Waals surface area (Å²) in [7, 11) is 1.64. The first kappa shape index (κ1) is 24.9. The molecular formula is C28H35N3O4. The molecule has 1 fully saturated rings. The zero-order valence-corrected chi connectivity index (χ0v) is 21.1. The molecule has 2 aromatic carbocycles. The predicted molar refractivity (Wildman–Crippen MR) is 135 cm³/mol. The number of rotatable bonds is 7. The summed E-state index contributed by atoms with van der Waals surface area (Å²) in [4.78, 5) is 27.9. The van der Waals surface area contributed by atoms with Crippen molar-refractivity contribution < 1.29 is 19.1 Å². The first-order chi connectivity index (χ1) is 16.9. The van der Waals surface area contributed by atoms with E-state index in [-0.39, 0.29) is 30.4 Å². The zero-order valence-electron chi connectivity index (χ0n) is 21.1. The van der Waals surface area contributed by atoms with E-state index in [1.54, 1.807) is 12.1 Å². The molecule has 0 aliphatic carbocycles. The number of nitrogens with zero attached hydrogens (tertiary/aromatic N) is 3. The van der Waals surface area contributed by atoms with Crippen molar-refractivity contribution in [1.82, 2.24) is 9.91 Å². The van der Waals surface area contributed by atoms with Gasteiger partial charge in [0.15, 0.2) is 0 Å². The largest absolute Gasteiger partial charge is 0.497 e. The Morgan fingerprint density at radius 1 is 1.14 bits per heavy atom. The summed E-state index contributed by atoms with van der Waals surface area (Å²) in [6.45, 7) is 7.88. The number of benzene rings is 2. The number of ether oxygens (including phenoxy) is 2. The van der Waals surface area contributed by atoms with Crippen LogP contribution in [0.1, 0.15) is 54.5 Å². The molecule has 7 nitrogen and oxygen atoms in total. The maximum Gasteiger partial charge on any atom is 0.310 e. The van der Waals surface area contributed by atoms with Crippen molar-refractivity contribution in [2.45, 2.75) is 46.1 Å². The van der Waals surface area contributed by atoms with E-state index >= 15 is 0 Å². The average Bonchev–Trinajstić information content (AvgIpc) is 3.31. The first-order valence-corrected chi connectivity index (χ1v) is 12.4. The molecule has 35 heavy (non-hydrogen) atoms. The molecule has 1 amide bonds. The number of hydrogen-bond donors (Lipinski definition) is 0. The van der Waals surface area contributed by atoms with Gasteiger partial charge in [-0.2, -0.15) is 5.10 Å². The summed E-state index contributed by atoms with van der Waals surface area (Å²) in [6.07, 6.45) is 2.30. The minimum Gasteiger partial charge on any atom is -0.497 e. The summed E-state index contributed by atoms with van der Waals surface area (Å²) < 4.78 is 10.7. The van der Waals surface area contributed by atoms with Crippen molar-refractivity contribution >= 4 is 17.6 Å². The minimum atomic E-state index is -0.210. The van der Waals surface area contributed by atoms with Crippen LogP contribution in [0.25, 0.3) is 0 Å². The van der Waals surface area contributed by atoms with Gasteiger partial charge in [0.1, 0.15) is 5.75 Å². The SMILES string of the molecule is CCOC(=O)[C@@H]1CCCN(CC(=O)N2N=C(c3cc(C)ccc3C)C[C@H]2c2cccc(OC)c2)C1. The summed E-state index contributed by atoms with van der Waals surface area (Å²) in [5.74, 6) is 0.333. The van der Waals surface area contributed by atoms with Gasteiger partial charge in [0.25, 0.3) is 5.91 Å². The standard InChI is InChI=1S/C28H35N3O4/c1-5-35-28(33)22-9-7-13-30(17-22)18-27(32)31-26(21-8-6-10-23(15-21)34-4)16-25(29-31)24-14-19(2)11-12-20(24)3/h6,8,10-12,14-15,22,26H,5,7,9,13,16-18H2,1-4H3/t22-,26+/m1/s1. The molecule has 0 spiro atoms. The van der Waals surface area contributed by atoms with Gasteiger partial charge in [-0.3, -0.25) is 14.5 Å². The number of carbonyl (C=O) groups excluding carboxylic acids is 2. The van der Waals surface area contributed by atoms with Crippen LogP contribution in [0.3, 0.4) is 0 Å². The first-order valence-electron chi connectivity index (χ1n) is 12.4. The third-order valence-corrected chi connectivity index (χ3v) is 6.83. The molecule has 0 bridgehead atoms. The Labute approximate surface area is 207 Å². The lowest BCUT2D eigenvalue weighted by Gasteiger charge is -2.32. The van der Waals surface area contributed by atoms with Crippen molar-refractivity contribution in [2.75, 3.05) is 33.4 Å². The maximum atomic E-state index is 13.6. The third kappa shape index (κ3) is 5.73. The average molecular weight is 478 g/mol. The van der Waals surface area contributed by atoms with Gasteiger partial charge in [0, 0.05) is 18.5 Å². The fourth-order valence-electron chi connectivity index (χ4n) is 4.97. The highest BCUT2D eigenvalue weighted by Gasteiger charge is 2.35. The molecule has 2 heterocycles. The van der Waals surface area contributed by atoms with Gasteiger partial charge in [-0.05, 0) is 69.5 Å². The number of hydrazone groups is 1. The number of esters is 1. The van der Waals surface area contributed by atoms with E-state index in [1.165, 1.54) is 0 Å². The van der Waals surface area contributed by atoms with Gasteiger partial charge in [-0.1, -0.05) is 29.8 Å². The van der Waals surface area contributed by atoms with Crippen LogP contribution in [0.15, 0.2) is 47.6 Å². The molecule has 0 aromatic heterocycles. The molecular weight excluding hydrogens is 442 g/mol. The molecule has 0 radical (unpaired) electrons. The molecule has 186 valence electrons. The third-order valence-electron chi connectivity index (χ3n) is 6.83. The van der Waals surface area contributed by atoms with E-state index in [2.05, 4.69) is 36.9 Å². The van der Waals surface area contributed by atoms with Crippen LogP contribution >= 0.6 is 0 Å². The Morgan fingerprint density at radius 2 is 1.97 bits per heavy atom. The fourth-order valence-corrected chi connectivity index (χ4v) is 4.97. The summed E-state index contributed by atoms with van der Waals surface area (Å²) in [6, 6.07) is 14.0. The van der Waals surface area contributed by atoms with Gasteiger partial charge in [-0.15, -0.1) is 0 Å². The van der Waals surface area contributed by atoms with E-state index in [1.807, 2.05) is 31.2 Å². The molecule has 4 rings (SSSR count). The van der Waals surface area contributed by atoms with Gasteiger partial charge >= 0.3 is 5.97 Å². The van der Waals surface area contributed by atoms with Crippen LogP contribution < -0.4 is 4.74 Å². The van der Waals surface area contributed by atoms with Crippen LogP contribution in [0, 0.1) is 19.8 Å². The van der Waals surface area contributed by atoms with Crippen LogP contribution in [0.5, 0.6) is 5.75 Å². The molecule has 2 aliphatic rings. The quantitative estimate of drug-likeness (QED) is 0.557. The van der Waals surface area contributed by atoms with Crippen LogP contribution in [-0.4, -0.2) is 60.8 Å². The second-order valence-electron chi connectivity index (χ2n) is 9.43. The molecule has 2 aromatic rings. The number of aryl methyl sites for hydroxylation is 2. The van der Waals surface area contributed by atoms with E-state index in [0.717, 1.165) is 53.1 Å². The highest BCUT2D eigenvalue weighted by atomic mass is 16.5. The number of carbonyl (C=O) groups is 2. The summed E-state index contributed by atoms with van der Waals surface area (Å²) >= 11 is 0. The van der Waals surface area contributed by atoms with Crippen molar-refractivity contribution in [2.24, 2.45) is 11.0 Å². The minimum absolute atomic E-state index is 0.0670. The van der Waals surface area contributed by atoms with Gasteiger partial charge in [0.05, 0.1) is 37.9 Å². The van der Waals surface area contributed by atoms with Crippen molar-refractivity contribution in [3.05, 3.63) is 64.7 Å². The molecule has 1 saturated heterocycles. The number of hydrogen-bond acceptors (Lipinski definition) is 6. The van der Waals surface area contributed by atoms with Gasteiger partial charge < -0.3 is 9.47 Å². The summed E-state index contributed by atoms with van der Waals surface area (Å²) in [5.41, 5.74) is 5.28. The van der Waals surface area contributed by atoms with E-state index in [0.29, 0.717) is 19.6 Å².